The normalized spacial score (nSPS) is 24.0. The van der Waals surface area contributed by atoms with Crippen LogP contribution in [-0.4, -0.2) is 31.1 Å². The van der Waals surface area contributed by atoms with Crippen LogP contribution in [0.4, 0.5) is 0 Å². The van der Waals surface area contributed by atoms with E-state index >= 15 is 0 Å². The maximum Gasteiger partial charge on any atom is 0.00327 e. The number of nitrogens with two attached hydrogens (primary N) is 1. The van der Waals surface area contributed by atoms with Gasteiger partial charge in [0.25, 0.3) is 0 Å². The van der Waals surface area contributed by atoms with Crippen LogP contribution < -0.4 is 5.73 Å². The van der Waals surface area contributed by atoms with Gasteiger partial charge in [-0.25, -0.2) is 0 Å². The summed E-state index contributed by atoms with van der Waals surface area (Å²) in [7, 11) is 0. The molecule has 2 N–H and O–H groups in total. The van der Waals surface area contributed by atoms with Crippen molar-refractivity contribution in [1.29, 1.82) is 0 Å². The van der Waals surface area contributed by atoms with Crippen LogP contribution in [0.2, 0.25) is 0 Å². The lowest BCUT2D eigenvalue weighted by Gasteiger charge is -2.38. The molecule has 0 spiro atoms. The van der Waals surface area contributed by atoms with Crippen LogP contribution in [0.15, 0.2) is 0 Å². The smallest absolute Gasteiger partial charge is 0.00327 e. The second kappa shape index (κ2) is 5.86. The van der Waals surface area contributed by atoms with Gasteiger partial charge in [-0.2, -0.15) is 0 Å². The van der Waals surface area contributed by atoms with Gasteiger partial charge in [0.2, 0.25) is 0 Å². The van der Waals surface area contributed by atoms with E-state index in [-0.39, 0.29) is 0 Å². The van der Waals surface area contributed by atoms with Crippen molar-refractivity contribution in [3.8, 4) is 0 Å². The molecule has 0 radical (unpaired) electrons. The molecule has 1 unspecified atom stereocenters. The van der Waals surface area contributed by atoms with Gasteiger partial charge >= 0.3 is 0 Å². The van der Waals surface area contributed by atoms with Crippen LogP contribution >= 0.6 is 0 Å². The molecular weight excluding hydrogens is 184 g/mol. The van der Waals surface area contributed by atoms with Gasteiger partial charge < -0.3 is 10.6 Å². The minimum atomic E-state index is 0.539. The van der Waals surface area contributed by atoms with Gasteiger partial charge in [-0.1, -0.05) is 20.8 Å². The highest BCUT2D eigenvalue weighted by Crippen LogP contribution is 2.28. The van der Waals surface area contributed by atoms with Crippen molar-refractivity contribution in [2.24, 2.45) is 17.1 Å². The Morgan fingerprint density at radius 2 is 2.13 bits per heavy atom. The summed E-state index contributed by atoms with van der Waals surface area (Å²) in [6.45, 7) is 11.7. The largest absolute Gasteiger partial charge is 0.330 e. The molecule has 0 aromatic rings. The second-order valence-corrected chi connectivity index (χ2v) is 6.03. The third-order valence-electron chi connectivity index (χ3n) is 3.55. The monoisotopic (exact) mass is 212 g/mol. The molecule has 0 amide bonds. The molecule has 2 heteroatoms. The zero-order chi connectivity index (χ0) is 11.3. The number of hydrogen-bond donors (Lipinski definition) is 1. The van der Waals surface area contributed by atoms with Crippen LogP contribution in [0, 0.1) is 11.3 Å². The number of nitrogens with zero attached hydrogens (tertiary/aromatic N) is 1. The van der Waals surface area contributed by atoms with E-state index in [1.54, 1.807) is 0 Å². The Morgan fingerprint density at radius 3 is 2.73 bits per heavy atom. The van der Waals surface area contributed by atoms with Gasteiger partial charge in [-0.3, -0.25) is 0 Å². The van der Waals surface area contributed by atoms with E-state index in [0.29, 0.717) is 11.3 Å². The molecule has 0 saturated carbocycles. The van der Waals surface area contributed by atoms with E-state index in [2.05, 4.69) is 25.7 Å². The molecule has 1 heterocycles. The summed E-state index contributed by atoms with van der Waals surface area (Å²) in [6, 6.07) is 0. The van der Waals surface area contributed by atoms with Crippen molar-refractivity contribution in [2.45, 2.75) is 46.5 Å². The first-order valence-corrected chi connectivity index (χ1v) is 6.46. The number of likely N-dealkylation sites (tertiary alicyclic amines) is 1. The second-order valence-electron chi connectivity index (χ2n) is 6.03. The van der Waals surface area contributed by atoms with E-state index in [4.69, 9.17) is 5.73 Å². The lowest BCUT2D eigenvalue weighted by atomic mass is 9.84. The molecule has 2 nitrogen and oxygen atoms in total. The van der Waals surface area contributed by atoms with Crippen LogP contribution in [0.5, 0.6) is 0 Å². The van der Waals surface area contributed by atoms with Crippen LogP contribution in [-0.2, 0) is 0 Å². The predicted octanol–water partition coefficient (Wildman–Crippen LogP) is 2.48. The Labute approximate surface area is 95.2 Å². The van der Waals surface area contributed by atoms with E-state index in [1.165, 1.54) is 45.3 Å². The van der Waals surface area contributed by atoms with Gasteiger partial charge in [0.05, 0.1) is 0 Å². The molecule has 15 heavy (non-hydrogen) atoms. The van der Waals surface area contributed by atoms with Gasteiger partial charge in [0, 0.05) is 6.54 Å². The lowest BCUT2D eigenvalue weighted by molar-refractivity contribution is 0.115. The zero-order valence-electron chi connectivity index (χ0n) is 10.8. The van der Waals surface area contributed by atoms with Crippen molar-refractivity contribution < 1.29 is 0 Å². The quantitative estimate of drug-likeness (QED) is 0.758. The Morgan fingerprint density at radius 1 is 1.40 bits per heavy atom. The highest BCUT2D eigenvalue weighted by Gasteiger charge is 2.25. The van der Waals surface area contributed by atoms with Gasteiger partial charge in [0.15, 0.2) is 0 Å². The first kappa shape index (κ1) is 13.0. The molecule has 1 atom stereocenters. The van der Waals surface area contributed by atoms with Crippen molar-refractivity contribution in [2.75, 3.05) is 26.2 Å². The SMILES string of the molecule is CC(CN)CCCN1CCCC(C)(C)C1. The first-order chi connectivity index (χ1) is 7.03. The molecule has 1 saturated heterocycles. The van der Waals surface area contributed by atoms with Gasteiger partial charge in [-0.15, -0.1) is 0 Å². The summed E-state index contributed by atoms with van der Waals surface area (Å²) in [6.07, 6.45) is 5.37. The van der Waals surface area contributed by atoms with Crippen LogP contribution in [0.25, 0.3) is 0 Å². The molecule has 1 rings (SSSR count). The average Bonchev–Trinajstić information content (AvgIpc) is 2.16. The lowest BCUT2D eigenvalue weighted by Crippen LogP contribution is -2.40. The minimum absolute atomic E-state index is 0.539. The molecule has 1 aliphatic heterocycles. The predicted molar refractivity (Wildman–Crippen MR) is 66.9 cm³/mol. The molecule has 0 aromatic heterocycles. The topological polar surface area (TPSA) is 29.3 Å². The zero-order valence-corrected chi connectivity index (χ0v) is 10.8. The molecule has 1 fully saturated rings. The number of rotatable bonds is 5. The summed E-state index contributed by atoms with van der Waals surface area (Å²) >= 11 is 0. The molecule has 1 aliphatic rings. The van der Waals surface area contributed by atoms with E-state index in [9.17, 15) is 0 Å². The van der Waals surface area contributed by atoms with Crippen LogP contribution in [0.1, 0.15) is 46.5 Å². The Bertz CT molecular complexity index is 177. The summed E-state index contributed by atoms with van der Waals surface area (Å²) < 4.78 is 0. The Kier molecular flexibility index (Phi) is 5.07. The van der Waals surface area contributed by atoms with Gasteiger partial charge in [-0.05, 0) is 56.7 Å². The first-order valence-electron chi connectivity index (χ1n) is 6.46. The van der Waals surface area contributed by atoms with Crippen molar-refractivity contribution in [3.05, 3.63) is 0 Å². The third kappa shape index (κ3) is 4.98. The molecule has 0 aromatic carbocycles. The van der Waals surface area contributed by atoms with Crippen molar-refractivity contribution in [1.82, 2.24) is 4.90 Å². The summed E-state index contributed by atoms with van der Waals surface area (Å²) in [5.41, 5.74) is 6.16. The van der Waals surface area contributed by atoms with E-state index < -0.39 is 0 Å². The highest BCUT2D eigenvalue weighted by molar-refractivity contribution is 4.79. The van der Waals surface area contributed by atoms with Crippen molar-refractivity contribution in [3.63, 3.8) is 0 Å². The molecule has 0 bridgehead atoms. The maximum absolute atomic E-state index is 5.62. The fraction of sp³-hybridized carbons (Fsp3) is 1.00. The fourth-order valence-corrected chi connectivity index (χ4v) is 2.52. The van der Waals surface area contributed by atoms with E-state index in [1.807, 2.05) is 0 Å². The Hall–Kier alpha value is -0.0800. The number of piperidine rings is 1. The van der Waals surface area contributed by atoms with Crippen molar-refractivity contribution >= 4 is 0 Å². The standard InChI is InChI=1S/C13H28N2/c1-12(10-14)6-4-8-15-9-5-7-13(2,3)11-15/h12H,4-11,14H2,1-3H3. The Balaban J connectivity index is 2.16. The fourth-order valence-electron chi connectivity index (χ4n) is 2.52. The minimum Gasteiger partial charge on any atom is -0.330 e. The molecular formula is C13H28N2. The average molecular weight is 212 g/mol. The summed E-state index contributed by atoms with van der Waals surface area (Å²) in [5.74, 6) is 0.697. The van der Waals surface area contributed by atoms with E-state index in [0.717, 1.165) is 6.54 Å². The molecule has 90 valence electrons. The van der Waals surface area contributed by atoms with Gasteiger partial charge in [0.1, 0.15) is 0 Å². The number of hydrogen-bond acceptors (Lipinski definition) is 2. The third-order valence-corrected chi connectivity index (χ3v) is 3.55. The molecule has 0 aliphatic carbocycles. The maximum atomic E-state index is 5.62. The van der Waals surface area contributed by atoms with Crippen LogP contribution in [0.3, 0.4) is 0 Å². The highest BCUT2D eigenvalue weighted by atomic mass is 15.1. The summed E-state index contributed by atoms with van der Waals surface area (Å²) in [5, 5.41) is 0. The summed E-state index contributed by atoms with van der Waals surface area (Å²) in [4.78, 5) is 2.63.